The van der Waals surface area contributed by atoms with Crippen LogP contribution in [0, 0.1) is 0 Å². The van der Waals surface area contributed by atoms with Crippen molar-refractivity contribution < 1.29 is 20.1 Å². The van der Waals surface area contributed by atoms with Gasteiger partial charge in [-0.25, -0.2) is 0 Å². The van der Waals surface area contributed by atoms with Crippen molar-refractivity contribution in [3.05, 3.63) is 40.1 Å². The van der Waals surface area contributed by atoms with Crippen LogP contribution in [0.15, 0.2) is 29.6 Å². The van der Waals surface area contributed by atoms with Crippen LogP contribution in [0.2, 0.25) is 0 Å². The number of rotatable bonds is 2. The zero-order valence-electron chi connectivity index (χ0n) is 8.04. The predicted octanol–water partition coefficient (Wildman–Crippen LogP) is 2.10. The first kappa shape index (κ1) is 10.5. The van der Waals surface area contributed by atoms with Crippen LogP contribution in [-0.4, -0.2) is 21.1 Å². The van der Waals surface area contributed by atoms with Gasteiger partial charge >= 0.3 is 0 Å². The molecule has 0 bridgehead atoms. The summed E-state index contributed by atoms with van der Waals surface area (Å²) in [7, 11) is 0. The Labute approximate surface area is 95.0 Å². The molecule has 0 atom stereocenters. The number of phenols is 3. The highest BCUT2D eigenvalue weighted by Crippen LogP contribution is 2.38. The van der Waals surface area contributed by atoms with Gasteiger partial charge in [-0.2, -0.15) is 0 Å². The van der Waals surface area contributed by atoms with Gasteiger partial charge in [0.25, 0.3) is 0 Å². The van der Waals surface area contributed by atoms with Gasteiger partial charge in [-0.3, -0.25) is 4.79 Å². The van der Waals surface area contributed by atoms with Crippen molar-refractivity contribution in [1.29, 1.82) is 0 Å². The van der Waals surface area contributed by atoms with Crippen LogP contribution in [0.1, 0.15) is 15.2 Å². The van der Waals surface area contributed by atoms with Gasteiger partial charge in [0.2, 0.25) is 11.5 Å². The first-order valence-corrected chi connectivity index (χ1v) is 5.31. The summed E-state index contributed by atoms with van der Waals surface area (Å²) in [5, 5.41) is 29.7. The van der Waals surface area contributed by atoms with Crippen LogP contribution in [0.3, 0.4) is 0 Å². The number of thiophene rings is 1. The van der Waals surface area contributed by atoms with Crippen molar-refractivity contribution in [2.45, 2.75) is 0 Å². The lowest BCUT2D eigenvalue weighted by Crippen LogP contribution is -1.98. The summed E-state index contributed by atoms with van der Waals surface area (Å²) in [4.78, 5) is 12.3. The number of carbonyl (C=O) groups is 1. The number of benzene rings is 1. The van der Waals surface area contributed by atoms with E-state index < -0.39 is 17.2 Å². The molecule has 0 saturated heterocycles. The molecule has 82 valence electrons. The average Bonchev–Trinajstić information content (AvgIpc) is 2.79. The lowest BCUT2D eigenvalue weighted by Gasteiger charge is -2.05. The summed E-state index contributed by atoms with van der Waals surface area (Å²) >= 11 is 1.24. The molecule has 5 heteroatoms. The van der Waals surface area contributed by atoms with Crippen LogP contribution >= 0.6 is 11.3 Å². The van der Waals surface area contributed by atoms with Crippen LogP contribution < -0.4 is 0 Å². The van der Waals surface area contributed by atoms with Crippen molar-refractivity contribution in [1.82, 2.24) is 0 Å². The van der Waals surface area contributed by atoms with Gasteiger partial charge in [-0.15, -0.1) is 11.3 Å². The molecule has 0 amide bonds. The molecule has 2 aromatic rings. The van der Waals surface area contributed by atoms with Gasteiger partial charge in [-0.05, 0) is 23.6 Å². The number of aromatic hydroxyl groups is 3. The highest BCUT2D eigenvalue weighted by Gasteiger charge is 2.18. The summed E-state index contributed by atoms with van der Waals surface area (Å²) < 4.78 is 0. The third-order valence-corrected chi connectivity index (χ3v) is 2.99. The summed E-state index contributed by atoms with van der Waals surface area (Å²) in [6.07, 6.45) is 0. The van der Waals surface area contributed by atoms with E-state index in [1.807, 2.05) is 0 Å². The van der Waals surface area contributed by atoms with Crippen LogP contribution in [0.25, 0.3) is 0 Å². The normalized spacial score (nSPS) is 10.2. The van der Waals surface area contributed by atoms with E-state index in [9.17, 15) is 15.0 Å². The van der Waals surface area contributed by atoms with Crippen molar-refractivity contribution in [2.75, 3.05) is 0 Å². The molecule has 0 fully saturated rings. The third kappa shape index (κ3) is 1.61. The lowest BCUT2D eigenvalue weighted by atomic mass is 10.1. The summed E-state index contributed by atoms with van der Waals surface area (Å²) in [6.45, 7) is 0. The second-order valence-corrected chi connectivity index (χ2v) is 4.08. The minimum atomic E-state index is -0.678. The Morgan fingerprint density at radius 3 is 2.44 bits per heavy atom. The summed E-state index contributed by atoms with van der Waals surface area (Å²) in [6, 6.07) is 5.77. The summed E-state index contributed by atoms with van der Waals surface area (Å²) in [5.41, 5.74) is -0.0299. The topological polar surface area (TPSA) is 77.8 Å². The Balaban J connectivity index is 2.50. The third-order valence-electron chi connectivity index (χ3n) is 2.12. The fraction of sp³-hybridized carbons (Fsp3) is 0. The SMILES string of the molecule is O=C(c1cccs1)c1ccc(O)c(O)c1O. The summed E-state index contributed by atoms with van der Waals surface area (Å²) in [5.74, 6) is -2.12. The molecular weight excluding hydrogens is 228 g/mol. The number of ketones is 1. The van der Waals surface area contributed by atoms with Crippen molar-refractivity contribution >= 4 is 17.1 Å². The molecule has 0 radical (unpaired) electrons. The van der Waals surface area contributed by atoms with E-state index in [4.69, 9.17) is 5.11 Å². The van der Waals surface area contributed by atoms with E-state index in [-0.39, 0.29) is 11.3 Å². The Hall–Kier alpha value is -2.01. The molecule has 0 aliphatic heterocycles. The Bertz CT molecular complexity index is 531. The standard InChI is InChI=1S/C11H8O4S/c12-7-4-3-6(10(14)11(7)15)9(13)8-2-1-5-16-8/h1-5,12,14-15H. The maximum atomic E-state index is 11.8. The van der Waals surface area contributed by atoms with Gasteiger partial charge in [0.05, 0.1) is 10.4 Å². The van der Waals surface area contributed by atoms with Crippen LogP contribution in [0.4, 0.5) is 0 Å². The molecule has 1 aromatic carbocycles. The molecule has 16 heavy (non-hydrogen) atoms. The highest BCUT2D eigenvalue weighted by molar-refractivity contribution is 7.12. The molecule has 0 aliphatic carbocycles. The molecule has 4 nitrogen and oxygen atoms in total. The van der Waals surface area contributed by atoms with Gasteiger partial charge < -0.3 is 15.3 Å². The maximum Gasteiger partial charge on any atom is 0.206 e. The van der Waals surface area contributed by atoms with Crippen molar-refractivity contribution in [3.8, 4) is 17.2 Å². The second kappa shape index (κ2) is 3.86. The van der Waals surface area contributed by atoms with E-state index in [1.165, 1.54) is 17.4 Å². The fourth-order valence-electron chi connectivity index (χ4n) is 1.29. The first-order valence-electron chi connectivity index (χ1n) is 4.43. The van der Waals surface area contributed by atoms with Crippen LogP contribution in [-0.2, 0) is 0 Å². The Kier molecular flexibility index (Phi) is 2.54. The molecule has 0 unspecified atom stereocenters. The lowest BCUT2D eigenvalue weighted by molar-refractivity contribution is 0.103. The van der Waals surface area contributed by atoms with E-state index in [2.05, 4.69) is 0 Å². The zero-order valence-corrected chi connectivity index (χ0v) is 8.86. The molecular formula is C11H8O4S. The Morgan fingerprint density at radius 1 is 1.06 bits per heavy atom. The maximum absolute atomic E-state index is 11.8. The minimum Gasteiger partial charge on any atom is -0.504 e. The quantitative estimate of drug-likeness (QED) is 0.551. The molecule has 0 saturated carbocycles. The average molecular weight is 236 g/mol. The molecule has 1 heterocycles. The monoisotopic (exact) mass is 236 g/mol. The number of hydrogen-bond donors (Lipinski definition) is 3. The van der Waals surface area contributed by atoms with Gasteiger partial charge in [0.1, 0.15) is 0 Å². The van der Waals surface area contributed by atoms with Gasteiger partial charge in [0.15, 0.2) is 11.5 Å². The largest absolute Gasteiger partial charge is 0.504 e. The number of hydrogen-bond acceptors (Lipinski definition) is 5. The van der Waals surface area contributed by atoms with Crippen molar-refractivity contribution in [2.24, 2.45) is 0 Å². The van der Waals surface area contributed by atoms with Gasteiger partial charge in [-0.1, -0.05) is 6.07 Å². The molecule has 0 aliphatic rings. The highest BCUT2D eigenvalue weighted by atomic mass is 32.1. The van der Waals surface area contributed by atoms with Gasteiger partial charge in [0, 0.05) is 0 Å². The van der Waals surface area contributed by atoms with E-state index in [0.717, 1.165) is 6.07 Å². The van der Waals surface area contributed by atoms with Crippen LogP contribution in [0.5, 0.6) is 17.2 Å². The molecule has 1 aromatic heterocycles. The molecule has 0 spiro atoms. The minimum absolute atomic E-state index is 0.0299. The van der Waals surface area contributed by atoms with Crippen molar-refractivity contribution in [3.63, 3.8) is 0 Å². The van der Waals surface area contributed by atoms with E-state index >= 15 is 0 Å². The predicted molar refractivity (Wildman–Crippen MR) is 59.2 cm³/mol. The fourth-order valence-corrected chi connectivity index (χ4v) is 1.97. The van der Waals surface area contributed by atoms with E-state index in [1.54, 1.807) is 17.5 Å². The smallest absolute Gasteiger partial charge is 0.206 e. The Morgan fingerprint density at radius 2 is 1.81 bits per heavy atom. The molecule has 2 rings (SSSR count). The number of phenolic OH excluding ortho intramolecular Hbond substituents is 3. The zero-order chi connectivity index (χ0) is 11.7. The first-order chi connectivity index (χ1) is 7.61. The molecule has 3 N–H and O–H groups in total. The number of carbonyl (C=O) groups excluding carboxylic acids is 1. The van der Waals surface area contributed by atoms with E-state index in [0.29, 0.717) is 4.88 Å². The second-order valence-electron chi connectivity index (χ2n) is 3.14.